The topological polar surface area (TPSA) is 43.3 Å². The molecule has 1 aliphatic carbocycles. The molecule has 2 aliphatic rings. The largest absolute Gasteiger partial charge is 0.381 e. The Balaban J connectivity index is 1.64. The van der Waals surface area contributed by atoms with Crippen LogP contribution < -0.4 is 5.32 Å². The van der Waals surface area contributed by atoms with Gasteiger partial charge in [0.2, 0.25) is 0 Å². The summed E-state index contributed by atoms with van der Waals surface area (Å²) in [6.07, 6.45) is 5.41. The number of ether oxygens (including phenoxy) is 1. The van der Waals surface area contributed by atoms with Crippen LogP contribution in [0.5, 0.6) is 0 Å². The van der Waals surface area contributed by atoms with Crippen molar-refractivity contribution in [2.75, 3.05) is 19.8 Å². The summed E-state index contributed by atoms with van der Waals surface area (Å²) in [6, 6.07) is 2.42. The summed E-state index contributed by atoms with van der Waals surface area (Å²) in [5.74, 6) is 0.501. The lowest BCUT2D eigenvalue weighted by Crippen LogP contribution is -2.30. The number of nitrogens with zero attached hydrogens (tertiary/aromatic N) is 1. The van der Waals surface area contributed by atoms with E-state index >= 15 is 0 Å². The summed E-state index contributed by atoms with van der Waals surface area (Å²) in [7, 11) is 0. The van der Waals surface area contributed by atoms with Crippen LogP contribution >= 0.6 is 15.9 Å². The van der Waals surface area contributed by atoms with Crippen LogP contribution in [-0.4, -0.2) is 30.2 Å². The number of carbonyl (C=O) groups excluding carboxylic acids is 1. The fraction of sp³-hybridized carbons (Fsp3) is 0.615. The molecule has 1 atom stereocenters. The van der Waals surface area contributed by atoms with E-state index in [2.05, 4.69) is 25.8 Å². The highest BCUT2D eigenvalue weighted by Crippen LogP contribution is 2.37. The van der Waals surface area contributed by atoms with E-state index in [4.69, 9.17) is 4.74 Å². The van der Waals surface area contributed by atoms with Crippen LogP contribution in [0.2, 0.25) is 0 Å². The van der Waals surface area contributed by atoms with Crippen molar-refractivity contribution in [2.45, 2.75) is 25.3 Å². The number of aromatic nitrogens is 1. The Morgan fingerprint density at radius 2 is 2.33 bits per heavy atom. The Bertz CT molecular complexity index is 448. The first-order valence-electron chi connectivity index (χ1n) is 6.47. The summed E-state index contributed by atoms with van der Waals surface area (Å²) < 4.78 is 8.37. The normalized spacial score (nSPS) is 23.3. The van der Waals surface area contributed by atoms with Gasteiger partial charge < -0.3 is 14.6 Å². The van der Waals surface area contributed by atoms with Crippen molar-refractivity contribution in [3.63, 3.8) is 0 Å². The van der Waals surface area contributed by atoms with E-state index in [1.165, 1.54) is 12.8 Å². The van der Waals surface area contributed by atoms with Crippen molar-refractivity contribution < 1.29 is 9.53 Å². The summed E-state index contributed by atoms with van der Waals surface area (Å²) in [5, 5.41) is 3.02. The van der Waals surface area contributed by atoms with E-state index in [-0.39, 0.29) is 5.91 Å². The average Bonchev–Trinajstić information content (AvgIpc) is 2.92. The molecular weight excluding hydrogens is 296 g/mol. The van der Waals surface area contributed by atoms with E-state index in [1.54, 1.807) is 0 Å². The molecule has 0 bridgehead atoms. The molecule has 5 heteroatoms. The first-order chi connectivity index (χ1) is 8.74. The Labute approximate surface area is 115 Å². The molecule has 0 spiro atoms. The van der Waals surface area contributed by atoms with Gasteiger partial charge in [-0.1, -0.05) is 0 Å². The molecule has 3 rings (SSSR count). The second-order valence-corrected chi connectivity index (χ2v) is 6.04. The van der Waals surface area contributed by atoms with Crippen LogP contribution in [0.4, 0.5) is 0 Å². The zero-order valence-electron chi connectivity index (χ0n) is 10.2. The van der Waals surface area contributed by atoms with Gasteiger partial charge in [0.05, 0.1) is 6.61 Å². The monoisotopic (exact) mass is 312 g/mol. The van der Waals surface area contributed by atoms with Gasteiger partial charge in [-0.25, -0.2) is 0 Å². The van der Waals surface area contributed by atoms with Crippen LogP contribution in [0.1, 0.15) is 35.8 Å². The molecule has 1 aromatic heterocycles. The van der Waals surface area contributed by atoms with Gasteiger partial charge >= 0.3 is 0 Å². The first kappa shape index (κ1) is 12.2. The molecule has 0 radical (unpaired) electrons. The average molecular weight is 313 g/mol. The minimum absolute atomic E-state index is 0.0273. The molecule has 2 heterocycles. The van der Waals surface area contributed by atoms with Crippen molar-refractivity contribution >= 4 is 21.8 Å². The molecular formula is C13H17BrN2O2. The van der Waals surface area contributed by atoms with Gasteiger partial charge in [0, 0.05) is 35.8 Å². The lowest BCUT2D eigenvalue weighted by atomic mass is 10.1. The minimum Gasteiger partial charge on any atom is -0.381 e. The fourth-order valence-electron chi connectivity index (χ4n) is 2.35. The van der Waals surface area contributed by atoms with Gasteiger partial charge in [0.25, 0.3) is 5.91 Å². The number of hydrogen-bond acceptors (Lipinski definition) is 2. The highest BCUT2D eigenvalue weighted by Gasteiger charge is 2.28. The Kier molecular flexibility index (Phi) is 3.43. The lowest BCUT2D eigenvalue weighted by Gasteiger charge is -2.11. The van der Waals surface area contributed by atoms with Crippen LogP contribution in [0.25, 0.3) is 0 Å². The zero-order valence-corrected chi connectivity index (χ0v) is 11.8. The van der Waals surface area contributed by atoms with Crippen molar-refractivity contribution in [3.05, 3.63) is 22.4 Å². The summed E-state index contributed by atoms with van der Waals surface area (Å²) in [6.45, 7) is 2.31. The van der Waals surface area contributed by atoms with E-state index in [0.717, 1.165) is 29.8 Å². The van der Waals surface area contributed by atoms with Gasteiger partial charge in [0.15, 0.2) is 0 Å². The Hall–Kier alpha value is -0.810. The fourth-order valence-corrected chi connectivity index (χ4v) is 2.79. The van der Waals surface area contributed by atoms with E-state index in [9.17, 15) is 4.79 Å². The molecule has 1 unspecified atom stereocenters. The van der Waals surface area contributed by atoms with Crippen LogP contribution in [0.3, 0.4) is 0 Å². The van der Waals surface area contributed by atoms with Crippen LogP contribution in [0, 0.1) is 5.92 Å². The third-order valence-corrected chi connectivity index (χ3v) is 4.00. The summed E-state index contributed by atoms with van der Waals surface area (Å²) >= 11 is 3.44. The predicted octanol–water partition coefficient (Wildman–Crippen LogP) is 2.35. The van der Waals surface area contributed by atoms with Gasteiger partial charge in [-0.3, -0.25) is 4.79 Å². The molecule has 0 aromatic carbocycles. The molecule has 4 nitrogen and oxygen atoms in total. The molecule has 2 fully saturated rings. The predicted molar refractivity (Wildman–Crippen MR) is 71.7 cm³/mol. The maximum atomic E-state index is 12.2. The number of carbonyl (C=O) groups is 1. The highest BCUT2D eigenvalue weighted by atomic mass is 79.9. The number of nitrogens with one attached hydrogen (secondary N) is 1. The Morgan fingerprint density at radius 1 is 1.50 bits per heavy atom. The SMILES string of the molecule is O=C(NCC1CCOC1)c1cc(Br)cn1C1CC1. The summed E-state index contributed by atoms with van der Waals surface area (Å²) in [4.78, 5) is 12.2. The van der Waals surface area contributed by atoms with Crippen LogP contribution in [-0.2, 0) is 4.74 Å². The zero-order chi connectivity index (χ0) is 12.5. The van der Waals surface area contributed by atoms with Gasteiger partial charge in [-0.15, -0.1) is 0 Å². The molecule has 1 amide bonds. The maximum Gasteiger partial charge on any atom is 0.267 e. The second kappa shape index (κ2) is 5.05. The molecule has 1 saturated carbocycles. The van der Waals surface area contributed by atoms with Crippen molar-refractivity contribution in [3.8, 4) is 0 Å². The van der Waals surface area contributed by atoms with E-state index < -0.39 is 0 Å². The van der Waals surface area contributed by atoms with Crippen molar-refractivity contribution in [1.29, 1.82) is 0 Å². The third-order valence-electron chi connectivity index (χ3n) is 3.56. The third kappa shape index (κ3) is 2.62. The maximum absolute atomic E-state index is 12.2. The second-order valence-electron chi connectivity index (χ2n) is 5.12. The number of rotatable bonds is 4. The molecule has 1 N–H and O–H groups in total. The number of hydrogen-bond donors (Lipinski definition) is 1. The standard InChI is InChI=1S/C13H17BrN2O2/c14-10-5-12(16(7-10)11-1-2-11)13(17)15-6-9-3-4-18-8-9/h5,7,9,11H,1-4,6,8H2,(H,15,17). The molecule has 1 aromatic rings. The van der Waals surface area contributed by atoms with Crippen molar-refractivity contribution in [2.24, 2.45) is 5.92 Å². The van der Waals surface area contributed by atoms with Gasteiger partial charge in [-0.05, 0) is 41.3 Å². The molecule has 1 aliphatic heterocycles. The minimum atomic E-state index is 0.0273. The van der Waals surface area contributed by atoms with Crippen molar-refractivity contribution in [1.82, 2.24) is 9.88 Å². The quantitative estimate of drug-likeness (QED) is 0.927. The smallest absolute Gasteiger partial charge is 0.267 e. The molecule has 98 valence electrons. The lowest BCUT2D eigenvalue weighted by molar-refractivity contribution is 0.0935. The van der Waals surface area contributed by atoms with Gasteiger partial charge in [-0.2, -0.15) is 0 Å². The van der Waals surface area contributed by atoms with E-state index in [0.29, 0.717) is 18.5 Å². The Morgan fingerprint density at radius 3 is 3.00 bits per heavy atom. The number of halogens is 1. The molecule has 1 saturated heterocycles. The van der Waals surface area contributed by atoms with Crippen LogP contribution in [0.15, 0.2) is 16.7 Å². The first-order valence-corrected chi connectivity index (χ1v) is 7.26. The molecule has 18 heavy (non-hydrogen) atoms. The number of amides is 1. The summed E-state index contributed by atoms with van der Waals surface area (Å²) in [5.41, 5.74) is 0.767. The van der Waals surface area contributed by atoms with E-state index in [1.807, 2.05) is 12.3 Å². The van der Waals surface area contributed by atoms with Gasteiger partial charge in [0.1, 0.15) is 5.69 Å². The highest BCUT2D eigenvalue weighted by molar-refractivity contribution is 9.10.